The summed E-state index contributed by atoms with van der Waals surface area (Å²) in [5, 5.41) is 11.6. The standard InChI is InChI=1S/C13H24N4O/c1-4-8-14-12(11-9-15-16-17(11)3)13(18-5-2)10-6-7-10/h9-10,12-14H,4-8H2,1-3H3. The topological polar surface area (TPSA) is 52.0 Å². The van der Waals surface area contributed by atoms with E-state index in [2.05, 4.69) is 29.5 Å². The van der Waals surface area contributed by atoms with Crippen LogP contribution in [0.2, 0.25) is 0 Å². The maximum atomic E-state index is 5.97. The van der Waals surface area contributed by atoms with Crippen molar-refractivity contribution >= 4 is 0 Å². The van der Waals surface area contributed by atoms with E-state index in [-0.39, 0.29) is 12.1 Å². The number of hydrogen-bond acceptors (Lipinski definition) is 4. The second-order valence-electron chi connectivity index (χ2n) is 4.97. The highest BCUT2D eigenvalue weighted by Crippen LogP contribution is 2.39. The molecule has 5 nitrogen and oxygen atoms in total. The second-order valence-corrected chi connectivity index (χ2v) is 4.97. The first-order valence-corrected chi connectivity index (χ1v) is 6.97. The molecule has 1 heterocycles. The van der Waals surface area contributed by atoms with E-state index >= 15 is 0 Å². The van der Waals surface area contributed by atoms with Crippen molar-refractivity contribution in [2.24, 2.45) is 13.0 Å². The summed E-state index contributed by atoms with van der Waals surface area (Å²) in [6, 6.07) is 0.206. The van der Waals surface area contributed by atoms with Crippen LogP contribution in [0.3, 0.4) is 0 Å². The molecule has 5 heteroatoms. The van der Waals surface area contributed by atoms with Gasteiger partial charge < -0.3 is 10.1 Å². The Hall–Kier alpha value is -0.940. The smallest absolute Gasteiger partial charge is 0.0813 e. The number of nitrogens with zero attached hydrogens (tertiary/aromatic N) is 3. The van der Waals surface area contributed by atoms with Crippen LogP contribution in [0.1, 0.15) is 44.8 Å². The van der Waals surface area contributed by atoms with Crippen LogP contribution < -0.4 is 5.32 Å². The Kier molecular flexibility index (Phi) is 4.72. The highest BCUT2D eigenvalue weighted by molar-refractivity contribution is 5.07. The normalized spacial score (nSPS) is 18.8. The zero-order chi connectivity index (χ0) is 13.0. The van der Waals surface area contributed by atoms with Crippen molar-refractivity contribution in [1.82, 2.24) is 20.3 Å². The highest BCUT2D eigenvalue weighted by atomic mass is 16.5. The van der Waals surface area contributed by atoms with Gasteiger partial charge in [-0.25, -0.2) is 0 Å². The van der Waals surface area contributed by atoms with E-state index in [1.807, 2.05) is 17.9 Å². The molecule has 1 aromatic rings. The average Bonchev–Trinajstić information content (AvgIpc) is 3.12. The molecule has 1 aromatic heterocycles. The van der Waals surface area contributed by atoms with Crippen LogP contribution in [-0.2, 0) is 11.8 Å². The van der Waals surface area contributed by atoms with Gasteiger partial charge in [0.25, 0.3) is 0 Å². The van der Waals surface area contributed by atoms with Crippen molar-refractivity contribution < 1.29 is 4.74 Å². The molecular formula is C13H24N4O. The third-order valence-electron chi connectivity index (χ3n) is 3.46. The van der Waals surface area contributed by atoms with E-state index in [4.69, 9.17) is 4.74 Å². The van der Waals surface area contributed by atoms with E-state index in [0.29, 0.717) is 5.92 Å². The number of aromatic nitrogens is 3. The SMILES string of the molecule is CCCNC(c1cnnn1C)C(OCC)C1CC1. The Balaban J connectivity index is 2.14. The van der Waals surface area contributed by atoms with Crippen molar-refractivity contribution in [3.05, 3.63) is 11.9 Å². The minimum absolute atomic E-state index is 0.206. The first-order valence-electron chi connectivity index (χ1n) is 6.97. The zero-order valence-corrected chi connectivity index (χ0v) is 11.6. The van der Waals surface area contributed by atoms with E-state index in [1.165, 1.54) is 12.8 Å². The molecule has 2 atom stereocenters. The van der Waals surface area contributed by atoms with Crippen molar-refractivity contribution in [2.45, 2.75) is 45.3 Å². The third-order valence-corrected chi connectivity index (χ3v) is 3.46. The second kappa shape index (κ2) is 6.29. The van der Waals surface area contributed by atoms with Crippen molar-refractivity contribution in [3.63, 3.8) is 0 Å². The lowest BCUT2D eigenvalue weighted by atomic mass is 10.0. The maximum Gasteiger partial charge on any atom is 0.0813 e. The summed E-state index contributed by atoms with van der Waals surface area (Å²) in [5.74, 6) is 0.689. The molecule has 2 rings (SSSR count). The van der Waals surface area contributed by atoms with Gasteiger partial charge in [0, 0.05) is 13.7 Å². The maximum absolute atomic E-state index is 5.97. The van der Waals surface area contributed by atoms with Crippen molar-refractivity contribution in [2.75, 3.05) is 13.2 Å². The van der Waals surface area contributed by atoms with Crippen LogP contribution in [0.15, 0.2) is 6.20 Å². The zero-order valence-electron chi connectivity index (χ0n) is 11.6. The van der Waals surface area contributed by atoms with Crippen LogP contribution >= 0.6 is 0 Å². The number of ether oxygens (including phenoxy) is 1. The van der Waals surface area contributed by atoms with Crippen LogP contribution in [0.5, 0.6) is 0 Å². The van der Waals surface area contributed by atoms with Gasteiger partial charge in [0.15, 0.2) is 0 Å². The van der Waals surface area contributed by atoms with Gasteiger partial charge in [-0.05, 0) is 38.6 Å². The third kappa shape index (κ3) is 3.09. The van der Waals surface area contributed by atoms with Crippen molar-refractivity contribution in [3.8, 4) is 0 Å². The molecule has 1 aliphatic rings. The first kappa shape index (κ1) is 13.5. The molecule has 1 N–H and O–H groups in total. The number of hydrogen-bond donors (Lipinski definition) is 1. The molecule has 1 saturated carbocycles. The van der Waals surface area contributed by atoms with E-state index in [9.17, 15) is 0 Å². The van der Waals surface area contributed by atoms with Gasteiger partial charge in [0.1, 0.15) is 0 Å². The predicted octanol–water partition coefficient (Wildman–Crippen LogP) is 1.67. The van der Waals surface area contributed by atoms with Gasteiger partial charge >= 0.3 is 0 Å². The fraction of sp³-hybridized carbons (Fsp3) is 0.846. The van der Waals surface area contributed by atoms with Gasteiger partial charge in [0.05, 0.1) is 24.0 Å². The Morgan fingerprint density at radius 1 is 1.50 bits per heavy atom. The molecule has 0 aliphatic heterocycles. The Bertz CT molecular complexity index is 362. The lowest BCUT2D eigenvalue weighted by Gasteiger charge is -2.27. The number of rotatable bonds is 8. The van der Waals surface area contributed by atoms with E-state index < -0.39 is 0 Å². The largest absolute Gasteiger partial charge is 0.376 e. The number of nitrogens with one attached hydrogen (secondary N) is 1. The molecule has 102 valence electrons. The molecule has 1 aliphatic carbocycles. The predicted molar refractivity (Wildman–Crippen MR) is 70.2 cm³/mol. The van der Waals surface area contributed by atoms with Gasteiger partial charge in [-0.3, -0.25) is 4.68 Å². The van der Waals surface area contributed by atoms with Crippen LogP contribution in [0.4, 0.5) is 0 Å². The minimum Gasteiger partial charge on any atom is -0.376 e. The quantitative estimate of drug-likeness (QED) is 0.764. The first-order chi connectivity index (χ1) is 8.77. The monoisotopic (exact) mass is 252 g/mol. The lowest BCUT2D eigenvalue weighted by Crippen LogP contribution is -2.37. The van der Waals surface area contributed by atoms with Crippen molar-refractivity contribution in [1.29, 1.82) is 0 Å². The molecule has 0 aromatic carbocycles. The number of aryl methyl sites for hydroxylation is 1. The Labute approximate surface area is 109 Å². The summed E-state index contributed by atoms with van der Waals surface area (Å²) in [7, 11) is 1.94. The van der Waals surface area contributed by atoms with Crippen LogP contribution in [0, 0.1) is 5.92 Å². The molecule has 18 heavy (non-hydrogen) atoms. The molecule has 0 spiro atoms. The average molecular weight is 252 g/mol. The summed E-state index contributed by atoms with van der Waals surface area (Å²) >= 11 is 0. The molecule has 0 radical (unpaired) electrons. The van der Waals surface area contributed by atoms with Gasteiger partial charge in [0.2, 0.25) is 0 Å². The van der Waals surface area contributed by atoms with E-state index in [1.54, 1.807) is 0 Å². The summed E-state index contributed by atoms with van der Waals surface area (Å²) in [6.07, 6.45) is 5.77. The lowest BCUT2D eigenvalue weighted by molar-refractivity contribution is 0.0166. The summed E-state index contributed by atoms with van der Waals surface area (Å²) in [6.45, 7) is 6.00. The summed E-state index contributed by atoms with van der Waals surface area (Å²) in [5.41, 5.74) is 1.12. The molecule has 0 saturated heterocycles. The van der Waals surface area contributed by atoms with E-state index in [0.717, 1.165) is 25.3 Å². The summed E-state index contributed by atoms with van der Waals surface area (Å²) < 4.78 is 7.82. The van der Waals surface area contributed by atoms with Gasteiger partial charge in [-0.2, -0.15) is 0 Å². The molecule has 0 amide bonds. The fourth-order valence-corrected chi connectivity index (χ4v) is 2.39. The fourth-order valence-electron chi connectivity index (χ4n) is 2.39. The molecular weight excluding hydrogens is 228 g/mol. The molecule has 2 unspecified atom stereocenters. The van der Waals surface area contributed by atoms with Crippen LogP contribution in [0.25, 0.3) is 0 Å². The highest BCUT2D eigenvalue weighted by Gasteiger charge is 2.38. The molecule has 0 bridgehead atoms. The molecule has 1 fully saturated rings. The van der Waals surface area contributed by atoms with Gasteiger partial charge in [-0.15, -0.1) is 5.10 Å². The van der Waals surface area contributed by atoms with Gasteiger partial charge in [-0.1, -0.05) is 12.1 Å². The Morgan fingerprint density at radius 3 is 2.78 bits per heavy atom. The van der Waals surface area contributed by atoms with Crippen LogP contribution in [-0.4, -0.2) is 34.2 Å². The minimum atomic E-state index is 0.206. The summed E-state index contributed by atoms with van der Waals surface area (Å²) in [4.78, 5) is 0. The Morgan fingerprint density at radius 2 is 2.28 bits per heavy atom.